The molecule has 0 atom stereocenters. The Labute approximate surface area is 110 Å². The van der Waals surface area contributed by atoms with Crippen molar-refractivity contribution in [2.45, 2.75) is 27.3 Å². The smallest absolute Gasteiger partial charge is 0.0245 e. The Hall–Kier alpha value is -0.910. The summed E-state index contributed by atoms with van der Waals surface area (Å²) >= 11 is 4.16. The van der Waals surface area contributed by atoms with Gasteiger partial charge in [-0.2, -0.15) is 12.6 Å². The number of nitrogens with one attached hydrogen (secondary N) is 1. The maximum atomic E-state index is 4.16. The summed E-state index contributed by atoms with van der Waals surface area (Å²) in [6, 6.07) is 8.41. The van der Waals surface area contributed by atoms with E-state index in [1.54, 1.807) is 0 Å². The molecule has 0 spiro atoms. The topological polar surface area (TPSA) is 12.0 Å². The van der Waals surface area contributed by atoms with Crippen molar-refractivity contribution in [1.82, 2.24) is 5.32 Å². The van der Waals surface area contributed by atoms with Crippen LogP contribution in [0.1, 0.15) is 31.9 Å². The lowest BCUT2D eigenvalue weighted by Crippen LogP contribution is -2.15. The molecule has 0 aliphatic heterocycles. The summed E-state index contributed by atoms with van der Waals surface area (Å²) in [6.07, 6.45) is 0. The highest BCUT2D eigenvalue weighted by Crippen LogP contribution is 2.11. The Balaban J connectivity index is 2.58. The van der Waals surface area contributed by atoms with Gasteiger partial charge in [0.05, 0.1) is 0 Å². The van der Waals surface area contributed by atoms with Crippen molar-refractivity contribution in [3.63, 3.8) is 0 Å². The van der Waals surface area contributed by atoms with Crippen LogP contribution >= 0.6 is 12.6 Å². The molecular weight excluding hydrogens is 226 g/mol. The van der Waals surface area contributed by atoms with Crippen molar-refractivity contribution in [2.75, 3.05) is 12.3 Å². The highest BCUT2D eigenvalue weighted by atomic mass is 32.1. The SMILES string of the molecule is CC(C)(C)C#Cc1ccc(CNCCS)cc1. The Morgan fingerprint density at radius 1 is 1.18 bits per heavy atom. The van der Waals surface area contributed by atoms with Gasteiger partial charge in [0.2, 0.25) is 0 Å². The van der Waals surface area contributed by atoms with Gasteiger partial charge in [0.1, 0.15) is 0 Å². The molecule has 1 nitrogen and oxygen atoms in total. The molecular formula is C15H21NS. The fourth-order valence-electron chi connectivity index (χ4n) is 1.28. The normalized spacial score (nSPS) is 10.8. The van der Waals surface area contributed by atoms with E-state index in [2.05, 4.69) is 74.8 Å². The third-order valence-electron chi connectivity index (χ3n) is 2.15. The van der Waals surface area contributed by atoms with E-state index in [0.717, 1.165) is 24.4 Å². The highest BCUT2D eigenvalue weighted by Gasteiger charge is 2.03. The minimum absolute atomic E-state index is 0.0623. The Morgan fingerprint density at radius 2 is 1.82 bits per heavy atom. The standard InChI is InChI=1S/C15H21NS/c1-15(2,3)9-8-13-4-6-14(7-5-13)12-16-10-11-17/h4-7,16-17H,10-12H2,1-3H3. The maximum absolute atomic E-state index is 4.16. The van der Waals surface area contributed by atoms with Gasteiger partial charge in [0, 0.05) is 29.8 Å². The lowest BCUT2D eigenvalue weighted by atomic mass is 9.97. The van der Waals surface area contributed by atoms with E-state index in [1.165, 1.54) is 5.56 Å². The van der Waals surface area contributed by atoms with Crippen LogP contribution in [-0.4, -0.2) is 12.3 Å². The van der Waals surface area contributed by atoms with E-state index < -0.39 is 0 Å². The number of hydrogen-bond donors (Lipinski definition) is 2. The molecule has 0 aromatic heterocycles. The third-order valence-corrected chi connectivity index (χ3v) is 2.38. The van der Waals surface area contributed by atoms with Gasteiger partial charge >= 0.3 is 0 Å². The first-order valence-electron chi connectivity index (χ1n) is 5.95. The fraction of sp³-hybridized carbons (Fsp3) is 0.467. The molecule has 1 rings (SSSR count). The molecule has 0 heterocycles. The van der Waals surface area contributed by atoms with Gasteiger partial charge in [-0.05, 0) is 38.5 Å². The van der Waals surface area contributed by atoms with Crippen molar-refractivity contribution in [2.24, 2.45) is 5.41 Å². The first-order valence-corrected chi connectivity index (χ1v) is 6.58. The maximum Gasteiger partial charge on any atom is 0.0245 e. The van der Waals surface area contributed by atoms with Crippen LogP contribution in [-0.2, 0) is 6.54 Å². The summed E-state index contributed by atoms with van der Waals surface area (Å²) in [4.78, 5) is 0. The molecule has 0 fully saturated rings. The molecule has 92 valence electrons. The zero-order valence-corrected chi connectivity index (χ0v) is 11.8. The molecule has 0 aliphatic carbocycles. The van der Waals surface area contributed by atoms with E-state index in [1.807, 2.05) is 0 Å². The molecule has 1 N–H and O–H groups in total. The zero-order valence-electron chi connectivity index (χ0n) is 10.9. The van der Waals surface area contributed by atoms with Gasteiger partial charge in [0.15, 0.2) is 0 Å². The molecule has 17 heavy (non-hydrogen) atoms. The summed E-state index contributed by atoms with van der Waals surface area (Å²) in [7, 11) is 0. The first kappa shape index (κ1) is 14.2. The highest BCUT2D eigenvalue weighted by molar-refractivity contribution is 7.80. The van der Waals surface area contributed by atoms with E-state index >= 15 is 0 Å². The van der Waals surface area contributed by atoms with Gasteiger partial charge in [0.25, 0.3) is 0 Å². The van der Waals surface area contributed by atoms with Crippen LogP contribution in [0.15, 0.2) is 24.3 Å². The number of hydrogen-bond acceptors (Lipinski definition) is 2. The van der Waals surface area contributed by atoms with Crippen LogP contribution in [0.5, 0.6) is 0 Å². The quantitative estimate of drug-likeness (QED) is 0.473. The molecule has 0 radical (unpaired) electrons. The molecule has 1 aromatic carbocycles. The Morgan fingerprint density at radius 3 is 2.35 bits per heavy atom. The molecule has 0 amide bonds. The number of benzene rings is 1. The van der Waals surface area contributed by atoms with Crippen LogP contribution < -0.4 is 5.32 Å². The van der Waals surface area contributed by atoms with Crippen molar-refractivity contribution in [3.8, 4) is 11.8 Å². The van der Waals surface area contributed by atoms with Crippen LogP contribution in [0.25, 0.3) is 0 Å². The second kappa shape index (κ2) is 6.74. The van der Waals surface area contributed by atoms with Crippen LogP contribution in [0.4, 0.5) is 0 Å². The second-order valence-electron chi connectivity index (χ2n) is 5.10. The molecule has 0 saturated carbocycles. The summed E-state index contributed by atoms with van der Waals surface area (Å²) in [6.45, 7) is 8.20. The van der Waals surface area contributed by atoms with Gasteiger partial charge in [-0.1, -0.05) is 24.0 Å². The van der Waals surface area contributed by atoms with Gasteiger partial charge in [-0.25, -0.2) is 0 Å². The lowest BCUT2D eigenvalue weighted by molar-refractivity contribution is 0.571. The monoisotopic (exact) mass is 247 g/mol. The van der Waals surface area contributed by atoms with Crippen LogP contribution in [0.2, 0.25) is 0 Å². The minimum atomic E-state index is 0.0623. The van der Waals surface area contributed by atoms with Crippen molar-refractivity contribution >= 4 is 12.6 Å². The largest absolute Gasteiger partial charge is 0.312 e. The fourth-order valence-corrected chi connectivity index (χ4v) is 1.44. The molecule has 0 unspecified atom stereocenters. The van der Waals surface area contributed by atoms with E-state index in [4.69, 9.17) is 0 Å². The van der Waals surface area contributed by atoms with Crippen molar-refractivity contribution in [1.29, 1.82) is 0 Å². The van der Waals surface area contributed by atoms with Crippen molar-refractivity contribution < 1.29 is 0 Å². The average molecular weight is 247 g/mol. The summed E-state index contributed by atoms with van der Waals surface area (Å²) in [5, 5.41) is 3.31. The lowest BCUT2D eigenvalue weighted by Gasteiger charge is -2.07. The first-order chi connectivity index (χ1) is 8.01. The molecule has 0 saturated heterocycles. The number of thiol groups is 1. The van der Waals surface area contributed by atoms with E-state index in [-0.39, 0.29) is 5.41 Å². The average Bonchev–Trinajstić information content (AvgIpc) is 2.27. The van der Waals surface area contributed by atoms with Crippen LogP contribution in [0, 0.1) is 17.3 Å². The van der Waals surface area contributed by atoms with Gasteiger partial charge in [-0.15, -0.1) is 0 Å². The van der Waals surface area contributed by atoms with Crippen molar-refractivity contribution in [3.05, 3.63) is 35.4 Å². The molecule has 1 aromatic rings. The van der Waals surface area contributed by atoms with E-state index in [0.29, 0.717) is 0 Å². The molecule has 0 bridgehead atoms. The van der Waals surface area contributed by atoms with Gasteiger partial charge in [-0.3, -0.25) is 0 Å². The predicted octanol–water partition coefficient (Wildman–Crippen LogP) is 3.10. The number of rotatable bonds is 4. The third kappa shape index (κ3) is 6.41. The summed E-state index contributed by atoms with van der Waals surface area (Å²) < 4.78 is 0. The second-order valence-corrected chi connectivity index (χ2v) is 5.54. The summed E-state index contributed by atoms with van der Waals surface area (Å²) in [5.74, 6) is 7.30. The Kier molecular flexibility index (Phi) is 5.61. The zero-order chi connectivity index (χ0) is 12.7. The minimum Gasteiger partial charge on any atom is -0.312 e. The van der Waals surface area contributed by atoms with Crippen LogP contribution in [0.3, 0.4) is 0 Å². The van der Waals surface area contributed by atoms with E-state index in [9.17, 15) is 0 Å². The summed E-state index contributed by atoms with van der Waals surface area (Å²) in [5.41, 5.74) is 2.43. The Bertz CT molecular complexity index is 390. The molecule has 0 aliphatic rings. The van der Waals surface area contributed by atoms with Gasteiger partial charge < -0.3 is 5.32 Å². The predicted molar refractivity (Wildman–Crippen MR) is 78.3 cm³/mol. The molecule has 2 heteroatoms.